The van der Waals surface area contributed by atoms with Crippen molar-refractivity contribution in [1.29, 1.82) is 0 Å². The normalized spacial score (nSPS) is 30.7. The number of allylic oxidation sites excluding steroid dienone is 4. The van der Waals surface area contributed by atoms with Crippen molar-refractivity contribution in [2.24, 2.45) is 0 Å². The molecule has 0 aromatic rings. The van der Waals surface area contributed by atoms with Crippen LogP contribution in [-0.2, 0) is 0 Å². The van der Waals surface area contributed by atoms with E-state index in [9.17, 15) is 0 Å². The summed E-state index contributed by atoms with van der Waals surface area (Å²) in [6.45, 7) is 0. The van der Waals surface area contributed by atoms with Gasteiger partial charge in [-0.15, -0.1) is 0 Å². The molecule has 0 amide bonds. The number of hydrogen-bond acceptors (Lipinski definition) is 0. The zero-order valence-corrected chi connectivity index (χ0v) is 11.6. The molecule has 0 aliphatic heterocycles. The Morgan fingerprint density at radius 2 is 1.21 bits per heavy atom. The average Bonchev–Trinajstić information content (AvgIpc) is 2.21. The Hall–Kier alpha value is 0.440. The molecule has 0 saturated heterocycles. The summed E-state index contributed by atoms with van der Waals surface area (Å²) in [5.74, 6) is 0. The fourth-order valence-corrected chi connectivity index (χ4v) is 2.62. The molecule has 2 heteroatoms. The first kappa shape index (κ1) is 12.5. The standard InChI is InChI=1S/2C6H9Br/c2*7-6-4-2-1-3-5-6/h2*2,4,6H,1,3,5H2. The number of hydrogen-bond donors (Lipinski definition) is 0. The molecule has 0 aromatic heterocycles. The second kappa shape index (κ2) is 7.70. The minimum atomic E-state index is 0.668. The van der Waals surface area contributed by atoms with E-state index in [0.717, 1.165) is 0 Å². The molecule has 2 aliphatic rings. The van der Waals surface area contributed by atoms with Crippen LogP contribution in [-0.4, -0.2) is 9.65 Å². The largest absolute Gasteiger partial charge is 0.0874 e. The maximum absolute atomic E-state index is 3.50. The molecule has 0 fully saturated rings. The lowest BCUT2D eigenvalue weighted by molar-refractivity contribution is 0.747. The Morgan fingerprint density at radius 1 is 0.786 bits per heavy atom. The lowest BCUT2D eigenvalue weighted by atomic mass is 10.1. The van der Waals surface area contributed by atoms with Crippen molar-refractivity contribution in [3.05, 3.63) is 24.3 Å². The van der Waals surface area contributed by atoms with Crippen LogP contribution in [0.2, 0.25) is 0 Å². The van der Waals surface area contributed by atoms with Gasteiger partial charge < -0.3 is 0 Å². The summed E-state index contributed by atoms with van der Waals surface area (Å²) in [5.41, 5.74) is 0. The lowest BCUT2D eigenvalue weighted by Crippen LogP contribution is -1.95. The van der Waals surface area contributed by atoms with Crippen LogP contribution in [0.25, 0.3) is 0 Å². The summed E-state index contributed by atoms with van der Waals surface area (Å²) in [4.78, 5) is 1.34. The highest BCUT2D eigenvalue weighted by Gasteiger charge is 2.01. The minimum absolute atomic E-state index is 0.668. The van der Waals surface area contributed by atoms with E-state index >= 15 is 0 Å². The monoisotopic (exact) mass is 320 g/mol. The molecule has 0 N–H and O–H groups in total. The van der Waals surface area contributed by atoms with Crippen LogP contribution in [0.15, 0.2) is 24.3 Å². The molecule has 0 bridgehead atoms. The van der Waals surface area contributed by atoms with Gasteiger partial charge in [-0.1, -0.05) is 56.2 Å². The Labute approximate surface area is 104 Å². The Morgan fingerprint density at radius 3 is 1.36 bits per heavy atom. The maximum atomic E-state index is 3.50. The summed E-state index contributed by atoms with van der Waals surface area (Å²) >= 11 is 7.00. The average molecular weight is 322 g/mol. The maximum Gasteiger partial charge on any atom is 0.0325 e. The van der Waals surface area contributed by atoms with E-state index in [2.05, 4.69) is 56.2 Å². The van der Waals surface area contributed by atoms with Gasteiger partial charge in [0.15, 0.2) is 0 Å². The number of alkyl halides is 2. The first-order valence-electron chi connectivity index (χ1n) is 5.40. The molecule has 0 radical (unpaired) electrons. The second-order valence-corrected chi connectivity index (χ2v) is 6.10. The predicted octanol–water partition coefficient (Wildman–Crippen LogP) is 4.98. The third kappa shape index (κ3) is 6.02. The topological polar surface area (TPSA) is 0 Å². The molecule has 0 heterocycles. The smallest absolute Gasteiger partial charge is 0.0325 e. The van der Waals surface area contributed by atoms with Crippen molar-refractivity contribution in [3.8, 4) is 0 Å². The number of rotatable bonds is 0. The predicted molar refractivity (Wildman–Crippen MR) is 71.4 cm³/mol. The van der Waals surface area contributed by atoms with E-state index in [0.29, 0.717) is 9.65 Å². The van der Waals surface area contributed by atoms with Gasteiger partial charge in [-0.25, -0.2) is 0 Å². The van der Waals surface area contributed by atoms with Gasteiger partial charge >= 0.3 is 0 Å². The fraction of sp³-hybridized carbons (Fsp3) is 0.667. The van der Waals surface area contributed by atoms with E-state index in [1.165, 1.54) is 38.5 Å². The third-order valence-electron chi connectivity index (χ3n) is 2.39. The molecule has 2 aliphatic carbocycles. The first-order valence-corrected chi connectivity index (χ1v) is 7.23. The van der Waals surface area contributed by atoms with Crippen LogP contribution >= 0.6 is 31.9 Å². The van der Waals surface area contributed by atoms with Crippen molar-refractivity contribution in [3.63, 3.8) is 0 Å². The Balaban J connectivity index is 0.000000140. The van der Waals surface area contributed by atoms with Crippen molar-refractivity contribution in [2.75, 3.05) is 0 Å². The van der Waals surface area contributed by atoms with Crippen LogP contribution in [0.4, 0.5) is 0 Å². The molecule has 14 heavy (non-hydrogen) atoms. The summed E-state index contributed by atoms with van der Waals surface area (Å²) in [6.07, 6.45) is 16.8. The van der Waals surface area contributed by atoms with Crippen LogP contribution in [0.3, 0.4) is 0 Å². The van der Waals surface area contributed by atoms with Gasteiger partial charge in [-0.3, -0.25) is 0 Å². The molecule has 2 rings (SSSR count). The molecule has 0 aromatic carbocycles. The summed E-state index contributed by atoms with van der Waals surface area (Å²) in [7, 11) is 0. The summed E-state index contributed by atoms with van der Waals surface area (Å²) < 4.78 is 0. The molecular weight excluding hydrogens is 304 g/mol. The van der Waals surface area contributed by atoms with E-state index < -0.39 is 0 Å². The van der Waals surface area contributed by atoms with Gasteiger partial charge in [0, 0.05) is 9.65 Å². The summed E-state index contributed by atoms with van der Waals surface area (Å²) in [5, 5.41) is 0. The molecule has 0 saturated carbocycles. The van der Waals surface area contributed by atoms with E-state index in [1.54, 1.807) is 0 Å². The number of halogens is 2. The molecule has 0 spiro atoms. The zero-order valence-electron chi connectivity index (χ0n) is 8.46. The summed E-state index contributed by atoms with van der Waals surface area (Å²) in [6, 6.07) is 0. The van der Waals surface area contributed by atoms with Crippen molar-refractivity contribution >= 4 is 31.9 Å². The van der Waals surface area contributed by atoms with Gasteiger partial charge in [0.2, 0.25) is 0 Å². The van der Waals surface area contributed by atoms with Gasteiger partial charge in [0.1, 0.15) is 0 Å². The quantitative estimate of drug-likeness (QED) is 0.436. The molecule has 2 unspecified atom stereocenters. The molecular formula is C12H18Br2. The highest BCUT2D eigenvalue weighted by molar-refractivity contribution is 9.09. The second-order valence-electron chi connectivity index (χ2n) is 3.75. The highest BCUT2D eigenvalue weighted by atomic mass is 79.9. The van der Waals surface area contributed by atoms with Gasteiger partial charge in [0.25, 0.3) is 0 Å². The Bertz CT molecular complexity index is 174. The first-order chi connectivity index (χ1) is 6.79. The fourth-order valence-electron chi connectivity index (χ4n) is 1.54. The molecule has 0 nitrogen and oxygen atoms in total. The van der Waals surface area contributed by atoms with E-state index in [1.807, 2.05) is 0 Å². The van der Waals surface area contributed by atoms with Crippen molar-refractivity contribution < 1.29 is 0 Å². The van der Waals surface area contributed by atoms with Crippen molar-refractivity contribution in [1.82, 2.24) is 0 Å². The van der Waals surface area contributed by atoms with Gasteiger partial charge in [-0.05, 0) is 38.5 Å². The van der Waals surface area contributed by atoms with E-state index in [-0.39, 0.29) is 0 Å². The van der Waals surface area contributed by atoms with Crippen LogP contribution in [0.5, 0.6) is 0 Å². The lowest BCUT2D eigenvalue weighted by Gasteiger charge is -2.06. The zero-order chi connectivity index (χ0) is 10.2. The van der Waals surface area contributed by atoms with Crippen LogP contribution < -0.4 is 0 Å². The Kier molecular flexibility index (Phi) is 6.88. The third-order valence-corrected chi connectivity index (χ3v) is 3.92. The van der Waals surface area contributed by atoms with Crippen molar-refractivity contribution in [2.45, 2.75) is 48.2 Å². The van der Waals surface area contributed by atoms with Crippen LogP contribution in [0, 0.1) is 0 Å². The SMILES string of the molecule is BrC1C=CCCC1.BrC1C=CCCC1. The van der Waals surface area contributed by atoms with E-state index in [4.69, 9.17) is 0 Å². The minimum Gasteiger partial charge on any atom is -0.0874 e. The van der Waals surface area contributed by atoms with Crippen LogP contribution in [0.1, 0.15) is 38.5 Å². The van der Waals surface area contributed by atoms with Gasteiger partial charge in [0.05, 0.1) is 0 Å². The highest BCUT2D eigenvalue weighted by Crippen LogP contribution is 2.16. The molecule has 80 valence electrons. The molecule has 2 atom stereocenters. The van der Waals surface area contributed by atoms with Gasteiger partial charge in [-0.2, -0.15) is 0 Å².